The Kier molecular flexibility index (Phi) is 4.84. The van der Waals surface area contributed by atoms with Gasteiger partial charge in [0, 0.05) is 14.1 Å². The van der Waals surface area contributed by atoms with Crippen molar-refractivity contribution in [2.75, 3.05) is 0 Å². The van der Waals surface area contributed by atoms with Crippen molar-refractivity contribution in [3.8, 4) is 22.7 Å². The summed E-state index contributed by atoms with van der Waals surface area (Å²) in [6.45, 7) is 0. The van der Waals surface area contributed by atoms with E-state index in [0.29, 0.717) is 44.2 Å². The molecule has 6 rings (SSSR count). The summed E-state index contributed by atoms with van der Waals surface area (Å²) in [5.74, 6) is -0.245. The lowest BCUT2D eigenvalue weighted by atomic mass is 10.1. The van der Waals surface area contributed by atoms with Gasteiger partial charge >= 0.3 is 11.7 Å². The second kappa shape index (κ2) is 7.85. The van der Waals surface area contributed by atoms with Gasteiger partial charge in [0.1, 0.15) is 5.75 Å². The van der Waals surface area contributed by atoms with Crippen LogP contribution in [0.5, 0.6) is 5.75 Å². The molecular formula is C26H18BrN3O6. The molecule has 1 aliphatic heterocycles. The minimum Gasteiger partial charge on any atom is -0.478 e. The molecule has 0 spiro atoms. The summed E-state index contributed by atoms with van der Waals surface area (Å²) in [4.78, 5) is 38.5. The number of carboxylic acid groups (broad SMARTS) is 1. The van der Waals surface area contributed by atoms with Crippen molar-refractivity contribution in [2.24, 2.45) is 14.1 Å². The summed E-state index contributed by atoms with van der Waals surface area (Å²) in [6.07, 6.45) is -0.822. The Labute approximate surface area is 211 Å². The van der Waals surface area contributed by atoms with Crippen molar-refractivity contribution in [3.05, 3.63) is 103 Å². The van der Waals surface area contributed by atoms with E-state index in [2.05, 4.69) is 15.9 Å². The highest BCUT2D eigenvalue weighted by molar-refractivity contribution is 9.10. The average molecular weight is 548 g/mol. The second-order valence-electron chi connectivity index (χ2n) is 8.49. The largest absolute Gasteiger partial charge is 0.478 e. The minimum atomic E-state index is -1.10. The molecule has 2 aromatic carbocycles. The molecule has 3 aromatic heterocycles. The third-order valence-electron chi connectivity index (χ3n) is 6.45. The third-order valence-corrected chi connectivity index (χ3v) is 6.87. The molecule has 0 amide bonds. The molecule has 1 atom stereocenters. The van der Waals surface area contributed by atoms with E-state index in [1.807, 2.05) is 34.9 Å². The summed E-state index contributed by atoms with van der Waals surface area (Å²) in [6, 6.07) is 17.3. The Hall–Kier alpha value is -4.31. The van der Waals surface area contributed by atoms with Crippen molar-refractivity contribution < 1.29 is 19.1 Å². The lowest BCUT2D eigenvalue weighted by molar-refractivity contribution is 0.0696. The number of aromatic nitrogens is 3. The third kappa shape index (κ3) is 3.04. The summed E-state index contributed by atoms with van der Waals surface area (Å²) < 4.78 is 17.0. The van der Waals surface area contributed by atoms with Crippen LogP contribution in [0.4, 0.5) is 0 Å². The number of ether oxygens (including phenoxy) is 1. The fourth-order valence-electron chi connectivity index (χ4n) is 4.83. The Balaban J connectivity index is 1.87. The molecule has 4 heterocycles. The summed E-state index contributed by atoms with van der Waals surface area (Å²) in [5, 5.41) is 10.00. The molecule has 0 saturated carbocycles. The first-order chi connectivity index (χ1) is 17.3. The van der Waals surface area contributed by atoms with Gasteiger partial charge in [-0.05, 0) is 51.8 Å². The van der Waals surface area contributed by atoms with E-state index < -0.39 is 23.3 Å². The quantitative estimate of drug-likeness (QED) is 0.362. The zero-order valence-electron chi connectivity index (χ0n) is 19.1. The Morgan fingerprint density at radius 3 is 2.42 bits per heavy atom. The summed E-state index contributed by atoms with van der Waals surface area (Å²) >= 11 is 3.33. The Morgan fingerprint density at radius 2 is 1.75 bits per heavy atom. The van der Waals surface area contributed by atoms with Crippen LogP contribution < -0.4 is 16.0 Å². The van der Waals surface area contributed by atoms with Crippen LogP contribution in [0.1, 0.15) is 27.9 Å². The highest BCUT2D eigenvalue weighted by Crippen LogP contribution is 2.47. The molecule has 10 heteroatoms. The van der Waals surface area contributed by atoms with Crippen LogP contribution in [0.3, 0.4) is 0 Å². The summed E-state index contributed by atoms with van der Waals surface area (Å²) in [5.41, 5.74) is 1.65. The topological polar surface area (TPSA) is 109 Å². The number of hydrogen-bond donors (Lipinski definition) is 1. The number of nitrogens with zero attached hydrogens (tertiary/aromatic N) is 3. The number of carbonyl (C=O) groups is 1. The molecule has 0 fully saturated rings. The number of hydrogen-bond acceptors (Lipinski definition) is 5. The van der Waals surface area contributed by atoms with E-state index in [0.717, 1.165) is 10.1 Å². The maximum Gasteiger partial charge on any atom is 0.335 e. The van der Waals surface area contributed by atoms with Crippen LogP contribution in [-0.4, -0.2) is 24.8 Å². The number of rotatable bonds is 3. The minimum absolute atomic E-state index is 0.0565. The van der Waals surface area contributed by atoms with Gasteiger partial charge in [-0.1, -0.05) is 30.3 Å². The van der Waals surface area contributed by atoms with Gasteiger partial charge in [0.25, 0.3) is 5.56 Å². The van der Waals surface area contributed by atoms with Gasteiger partial charge in [0.2, 0.25) is 0 Å². The number of benzene rings is 2. The fraction of sp³-hybridized carbons (Fsp3) is 0.115. The van der Waals surface area contributed by atoms with Crippen molar-refractivity contribution in [1.82, 2.24) is 13.7 Å². The predicted molar refractivity (Wildman–Crippen MR) is 135 cm³/mol. The molecule has 1 aliphatic rings. The monoisotopic (exact) mass is 547 g/mol. The zero-order chi connectivity index (χ0) is 25.3. The average Bonchev–Trinajstić information content (AvgIpc) is 3.48. The Morgan fingerprint density at radius 1 is 1.00 bits per heavy atom. The molecule has 1 N–H and O–H groups in total. The molecule has 36 heavy (non-hydrogen) atoms. The van der Waals surface area contributed by atoms with Crippen LogP contribution in [0.15, 0.2) is 79.3 Å². The van der Waals surface area contributed by atoms with E-state index >= 15 is 0 Å². The first-order valence-corrected chi connectivity index (χ1v) is 11.8. The van der Waals surface area contributed by atoms with Gasteiger partial charge in [0.05, 0.1) is 33.5 Å². The van der Waals surface area contributed by atoms with E-state index in [-0.39, 0.29) is 5.56 Å². The van der Waals surface area contributed by atoms with Gasteiger partial charge < -0.3 is 18.8 Å². The summed E-state index contributed by atoms with van der Waals surface area (Å²) in [7, 11) is 3.03. The maximum atomic E-state index is 13.6. The lowest BCUT2D eigenvalue weighted by Crippen LogP contribution is -2.37. The number of halogens is 1. The maximum absolute atomic E-state index is 13.6. The molecular weight excluding hydrogens is 530 g/mol. The molecule has 5 aromatic rings. The first-order valence-electron chi connectivity index (χ1n) is 11.0. The number of fused-ring (bicyclic) bond motifs is 5. The van der Waals surface area contributed by atoms with Gasteiger partial charge in [-0.3, -0.25) is 13.9 Å². The predicted octanol–water partition coefficient (Wildman–Crippen LogP) is 4.23. The van der Waals surface area contributed by atoms with Crippen molar-refractivity contribution >= 4 is 32.8 Å². The van der Waals surface area contributed by atoms with Crippen molar-refractivity contribution in [2.45, 2.75) is 6.10 Å². The lowest BCUT2D eigenvalue weighted by Gasteiger charge is -2.29. The fourth-order valence-corrected chi connectivity index (χ4v) is 5.15. The molecule has 9 nitrogen and oxygen atoms in total. The smallest absolute Gasteiger partial charge is 0.335 e. The molecule has 0 aliphatic carbocycles. The van der Waals surface area contributed by atoms with Crippen LogP contribution in [0, 0.1) is 0 Å². The SMILES string of the molecule is Cn1c(=O)c2c(-c3ccccc3)n3c(c2n(C)c1=O)C(c1ccc(Br)o1)Oc1ccc(C(=O)O)cc1-3. The van der Waals surface area contributed by atoms with Crippen molar-refractivity contribution in [1.29, 1.82) is 0 Å². The van der Waals surface area contributed by atoms with Gasteiger partial charge in [-0.15, -0.1) is 0 Å². The van der Waals surface area contributed by atoms with E-state index in [1.165, 1.54) is 23.7 Å². The number of carboxylic acids is 1. The van der Waals surface area contributed by atoms with E-state index in [9.17, 15) is 19.5 Å². The number of aryl methyl sites for hydroxylation is 1. The van der Waals surface area contributed by atoms with Crippen LogP contribution in [0.2, 0.25) is 0 Å². The zero-order valence-corrected chi connectivity index (χ0v) is 20.6. The highest BCUT2D eigenvalue weighted by atomic mass is 79.9. The molecule has 0 saturated heterocycles. The molecule has 0 radical (unpaired) electrons. The Bertz CT molecular complexity index is 1830. The normalized spacial score (nSPS) is 14.4. The van der Waals surface area contributed by atoms with Gasteiger partial charge in [0.15, 0.2) is 16.5 Å². The van der Waals surface area contributed by atoms with Crippen molar-refractivity contribution in [3.63, 3.8) is 0 Å². The number of aromatic carboxylic acids is 1. The van der Waals surface area contributed by atoms with E-state index in [4.69, 9.17) is 9.15 Å². The van der Waals surface area contributed by atoms with Crippen LogP contribution >= 0.6 is 15.9 Å². The highest BCUT2D eigenvalue weighted by Gasteiger charge is 2.38. The number of furan rings is 1. The van der Waals surface area contributed by atoms with Crippen LogP contribution in [-0.2, 0) is 14.1 Å². The second-order valence-corrected chi connectivity index (χ2v) is 9.27. The first kappa shape index (κ1) is 22.2. The molecule has 1 unspecified atom stereocenters. The molecule has 0 bridgehead atoms. The van der Waals surface area contributed by atoms with Crippen LogP contribution in [0.25, 0.3) is 27.8 Å². The van der Waals surface area contributed by atoms with E-state index in [1.54, 1.807) is 25.2 Å². The standard InChI is InChI=1S/C26H18BrN3O6/c1-28-21-19(24(31)29(2)26(28)34)20(13-6-4-3-5-7-13)30-15-12-14(25(32)33)8-9-16(15)36-23(22(21)30)17-10-11-18(27)35-17/h3-12,23H,1-2H3,(H,32,33). The van der Waals surface area contributed by atoms with Gasteiger partial charge in [-0.25, -0.2) is 9.59 Å². The van der Waals surface area contributed by atoms with Gasteiger partial charge in [-0.2, -0.15) is 0 Å². The molecule has 180 valence electrons.